The number of urea groups is 1. The van der Waals surface area contributed by atoms with Crippen molar-refractivity contribution in [1.29, 1.82) is 0 Å². The first-order valence-electron chi connectivity index (χ1n) is 8.42. The van der Waals surface area contributed by atoms with Crippen molar-refractivity contribution in [2.45, 2.75) is 18.7 Å². The fraction of sp³-hybridized carbons (Fsp3) is 0.263. The molecule has 0 unspecified atom stereocenters. The SMILES string of the molecule is COc1ccc2c(c1)[C@H]1NC(=O)N[C@](C)(O2)[C@H]1C(=O)Nc1ccc(Cl)cc1. The van der Waals surface area contributed by atoms with Crippen molar-refractivity contribution in [1.82, 2.24) is 10.6 Å². The average molecular weight is 388 g/mol. The molecule has 1 saturated heterocycles. The van der Waals surface area contributed by atoms with Gasteiger partial charge in [-0.05, 0) is 49.4 Å². The Bertz CT molecular complexity index is 918. The lowest BCUT2D eigenvalue weighted by molar-refractivity contribution is -0.133. The highest BCUT2D eigenvalue weighted by molar-refractivity contribution is 6.30. The van der Waals surface area contributed by atoms with Crippen LogP contribution in [0, 0.1) is 5.92 Å². The van der Waals surface area contributed by atoms with Gasteiger partial charge in [0, 0.05) is 16.3 Å². The molecular formula is C19H18ClN3O4. The number of halogens is 1. The standard InChI is InChI=1S/C19H18ClN3O4/c1-19-15(17(24)21-11-5-3-10(20)4-6-11)16(22-18(25)23-19)13-9-12(26-2)7-8-14(13)27-19/h3-9,15-16H,1-2H3,(H,21,24)(H2,22,23,25)/t15-,16-,19-/m1/s1. The monoisotopic (exact) mass is 387 g/mol. The van der Waals surface area contributed by atoms with Gasteiger partial charge in [-0.1, -0.05) is 11.6 Å². The molecule has 0 aliphatic carbocycles. The second-order valence-corrected chi connectivity index (χ2v) is 7.10. The second-order valence-electron chi connectivity index (χ2n) is 6.66. The van der Waals surface area contributed by atoms with Crippen molar-refractivity contribution in [2.24, 2.45) is 5.92 Å². The predicted molar refractivity (Wildman–Crippen MR) is 100 cm³/mol. The Morgan fingerprint density at radius 3 is 2.70 bits per heavy atom. The summed E-state index contributed by atoms with van der Waals surface area (Å²) in [6, 6.07) is 11.2. The molecule has 0 spiro atoms. The molecule has 2 heterocycles. The van der Waals surface area contributed by atoms with Gasteiger partial charge in [0.15, 0.2) is 5.72 Å². The summed E-state index contributed by atoms with van der Waals surface area (Å²) in [7, 11) is 1.56. The van der Waals surface area contributed by atoms with E-state index in [0.29, 0.717) is 27.8 Å². The summed E-state index contributed by atoms with van der Waals surface area (Å²) < 4.78 is 11.3. The van der Waals surface area contributed by atoms with Crippen LogP contribution in [-0.4, -0.2) is 24.8 Å². The van der Waals surface area contributed by atoms with Crippen LogP contribution in [0.15, 0.2) is 42.5 Å². The van der Waals surface area contributed by atoms with Crippen molar-refractivity contribution in [3.63, 3.8) is 0 Å². The lowest BCUT2D eigenvalue weighted by Crippen LogP contribution is -2.70. The maximum atomic E-state index is 13.1. The number of anilines is 1. The molecule has 2 aromatic carbocycles. The third-order valence-corrected chi connectivity index (χ3v) is 5.10. The Morgan fingerprint density at radius 2 is 2.00 bits per heavy atom. The van der Waals surface area contributed by atoms with Crippen molar-refractivity contribution < 1.29 is 19.1 Å². The molecule has 2 aromatic rings. The highest BCUT2D eigenvalue weighted by atomic mass is 35.5. The molecule has 140 valence electrons. The van der Waals surface area contributed by atoms with Crippen molar-refractivity contribution in [3.8, 4) is 11.5 Å². The molecule has 2 bridgehead atoms. The minimum Gasteiger partial charge on any atom is -0.497 e. The van der Waals surface area contributed by atoms with Crippen molar-refractivity contribution in [3.05, 3.63) is 53.1 Å². The van der Waals surface area contributed by atoms with Gasteiger partial charge in [-0.15, -0.1) is 0 Å². The largest absolute Gasteiger partial charge is 0.497 e. The molecule has 3 atom stereocenters. The maximum absolute atomic E-state index is 13.1. The van der Waals surface area contributed by atoms with E-state index in [1.807, 2.05) is 0 Å². The Balaban J connectivity index is 1.71. The molecule has 2 aliphatic rings. The molecule has 1 fully saturated rings. The zero-order valence-electron chi connectivity index (χ0n) is 14.7. The van der Waals surface area contributed by atoms with E-state index in [-0.39, 0.29) is 5.91 Å². The van der Waals surface area contributed by atoms with E-state index in [1.165, 1.54) is 0 Å². The summed E-state index contributed by atoms with van der Waals surface area (Å²) >= 11 is 5.90. The van der Waals surface area contributed by atoms with Crippen LogP contribution in [0.25, 0.3) is 0 Å². The van der Waals surface area contributed by atoms with Crippen LogP contribution in [-0.2, 0) is 4.79 Å². The number of hydrogen-bond donors (Lipinski definition) is 3. The number of carbonyl (C=O) groups is 2. The number of benzene rings is 2. The number of nitrogens with one attached hydrogen (secondary N) is 3. The Hall–Kier alpha value is -2.93. The summed E-state index contributed by atoms with van der Waals surface area (Å²) in [6.07, 6.45) is 0. The fourth-order valence-electron chi connectivity index (χ4n) is 3.60. The smallest absolute Gasteiger partial charge is 0.318 e. The molecule has 4 rings (SSSR count). The van der Waals surface area contributed by atoms with Gasteiger partial charge in [-0.25, -0.2) is 4.79 Å². The lowest BCUT2D eigenvalue weighted by atomic mass is 9.79. The van der Waals surface area contributed by atoms with Crippen LogP contribution in [0.2, 0.25) is 5.02 Å². The number of methoxy groups -OCH3 is 1. The normalized spacial score (nSPS) is 25.4. The number of fused-ring (bicyclic) bond motifs is 4. The van der Waals surface area contributed by atoms with Gasteiger partial charge < -0.3 is 20.1 Å². The summed E-state index contributed by atoms with van der Waals surface area (Å²) in [5.41, 5.74) is 0.109. The lowest BCUT2D eigenvalue weighted by Gasteiger charge is -2.49. The summed E-state index contributed by atoms with van der Waals surface area (Å²) in [5.74, 6) is 0.216. The van der Waals surface area contributed by atoms with Gasteiger partial charge in [0.25, 0.3) is 0 Å². The summed E-state index contributed by atoms with van der Waals surface area (Å²) in [6.45, 7) is 1.69. The number of amides is 3. The van der Waals surface area contributed by atoms with Gasteiger partial charge in [0.2, 0.25) is 5.91 Å². The van der Waals surface area contributed by atoms with E-state index in [4.69, 9.17) is 21.1 Å². The predicted octanol–water partition coefficient (Wildman–Crippen LogP) is 3.07. The molecular weight excluding hydrogens is 370 g/mol. The molecule has 3 amide bonds. The Morgan fingerprint density at radius 1 is 1.26 bits per heavy atom. The summed E-state index contributed by atoms with van der Waals surface area (Å²) in [5, 5.41) is 9.02. The highest BCUT2D eigenvalue weighted by Gasteiger charge is 2.55. The van der Waals surface area contributed by atoms with Gasteiger partial charge in [0.05, 0.1) is 13.2 Å². The molecule has 27 heavy (non-hydrogen) atoms. The summed E-state index contributed by atoms with van der Waals surface area (Å²) in [4.78, 5) is 25.2. The first kappa shape index (κ1) is 17.5. The van der Waals surface area contributed by atoms with Crippen LogP contribution in [0.4, 0.5) is 10.5 Å². The second kappa shape index (κ2) is 6.35. The molecule has 8 heteroatoms. The zero-order chi connectivity index (χ0) is 19.2. The van der Waals surface area contributed by atoms with Crippen LogP contribution < -0.4 is 25.4 Å². The Labute approximate surface area is 161 Å². The van der Waals surface area contributed by atoms with Crippen LogP contribution in [0.5, 0.6) is 11.5 Å². The van der Waals surface area contributed by atoms with Crippen molar-refractivity contribution >= 4 is 29.2 Å². The first-order chi connectivity index (χ1) is 12.9. The molecule has 7 nitrogen and oxygen atoms in total. The highest BCUT2D eigenvalue weighted by Crippen LogP contribution is 2.46. The van der Waals surface area contributed by atoms with E-state index in [0.717, 1.165) is 0 Å². The molecule has 2 aliphatic heterocycles. The topological polar surface area (TPSA) is 88.7 Å². The van der Waals surface area contributed by atoms with E-state index in [2.05, 4.69) is 16.0 Å². The minimum absolute atomic E-state index is 0.286. The molecule has 0 aromatic heterocycles. The van der Waals surface area contributed by atoms with Gasteiger partial charge >= 0.3 is 6.03 Å². The fourth-order valence-corrected chi connectivity index (χ4v) is 3.73. The van der Waals surface area contributed by atoms with Crippen molar-refractivity contribution in [2.75, 3.05) is 12.4 Å². The third kappa shape index (κ3) is 3.04. The van der Waals surface area contributed by atoms with E-state index >= 15 is 0 Å². The van der Waals surface area contributed by atoms with Crippen LogP contribution in [0.1, 0.15) is 18.5 Å². The van der Waals surface area contributed by atoms with Crippen LogP contribution in [0.3, 0.4) is 0 Å². The van der Waals surface area contributed by atoms with Gasteiger partial charge in [-0.2, -0.15) is 0 Å². The quantitative estimate of drug-likeness (QED) is 0.755. The third-order valence-electron chi connectivity index (χ3n) is 4.84. The number of carbonyl (C=O) groups excluding carboxylic acids is 2. The maximum Gasteiger partial charge on any atom is 0.318 e. The first-order valence-corrected chi connectivity index (χ1v) is 8.79. The van der Waals surface area contributed by atoms with E-state index < -0.39 is 23.7 Å². The molecule has 3 N–H and O–H groups in total. The van der Waals surface area contributed by atoms with Gasteiger partial charge in [0.1, 0.15) is 17.4 Å². The molecule has 0 saturated carbocycles. The number of rotatable bonds is 3. The average Bonchev–Trinajstić information content (AvgIpc) is 2.62. The van der Waals surface area contributed by atoms with Crippen LogP contribution >= 0.6 is 11.6 Å². The van der Waals surface area contributed by atoms with E-state index in [1.54, 1.807) is 56.5 Å². The molecule has 0 radical (unpaired) electrons. The number of ether oxygens (including phenoxy) is 2. The minimum atomic E-state index is -1.19. The Kier molecular flexibility index (Phi) is 4.11. The van der Waals surface area contributed by atoms with E-state index in [9.17, 15) is 9.59 Å². The van der Waals surface area contributed by atoms with Gasteiger partial charge in [-0.3, -0.25) is 10.1 Å². The zero-order valence-corrected chi connectivity index (χ0v) is 15.5. The number of hydrogen-bond acceptors (Lipinski definition) is 4.